The first-order valence-electron chi connectivity index (χ1n) is 5.74. The fraction of sp³-hybridized carbons (Fsp3) is 0.727. The normalized spacial score (nSPS) is 26.8. The van der Waals surface area contributed by atoms with Gasteiger partial charge in [-0.05, 0) is 13.8 Å². The lowest BCUT2D eigenvalue weighted by atomic mass is 9.97. The van der Waals surface area contributed by atoms with Gasteiger partial charge in [0.25, 0.3) is 0 Å². The van der Waals surface area contributed by atoms with Gasteiger partial charge in [-0.3, -0.25) is 24.2 Å². The molecule has 1 atom stereocenters. The number of carboxylic acid groups (broad SMARTS) is 1. The van der Waals surface area contributed by atoms with Crippen molar-refractivity contribution in [2.75, 3.05) is 13.1 Å². The molecule has 2 saturated heterocycles. The van der Waals surface area contributed by atoms with E-state index in [1.165, 1.54) is 4.90 Å². The Kier molecular flexibility index (Phi) is 2.91. The lowest BCUT2D eigenvalue weighted by molar-refractivity contribution is -0.152. The molecule has 94 valence electrons. The molecule has 2 heterocycles. The largest absolute Gasteiger partial charge is 0.481 e. The molecule has 0 aromatic rings. The molecule has 1 N–H and O–H groups in total. The summed E-state index contributed by atoms with van der Waals surface area (Å²) in [5.74, 6) is -1.58. The zero-order chi connectivity index (χ0) is 12.7. The molecule has 0 aromatic heterocycles. The van der Waals surface area contributed by atoms with Crippen molar-refractivity contribution in [1.29, 1.82) is 0 Å². The maximum Gasteiger partial charge on any atom is 0.309 e. The summed E-state index contributed by atoms with van der Waals surface area (Å²) in [6, 6.07) is -0.572. The van der Waals surface area contributed by atoms with Crippen LogP contribution in [0, 0.1) is 5.92 Å². The van der Waals surface area contributed by atoms with Crippen LogP contribution in [0.4, 0.5) is 0 Å². The Hall–Kier alpha value is -1.43. The molecule has 17 heavy (non-hydrogen) atoms. The standard InChI is InChI=1S/C11H16N2O4/c1-6(2)13-9(14)3-8(10(13)15)12-4-7(5-12)11(16)17/h6-8H,3-5H2,1-2H3,(H,16,17). The molecule has 2 rings (SSSR count). The fourth-order valence-electron chi connectivity index (χ4n) is 2.39. The zero-order valence-electron chi connectivity index (χ0n) is 9.92. The number of rotatable bonds is 3. The first-order chi connectivity index (χ1) is 7.91. The van der Waals surface area contributed by atoms with Gasteiger partial charge in [0.1, 0.15) is 0 Å². The molecule has 2 fully saturated rings. The Morgan fingerprint density at radius 1 is 1.35 bits per heavy atom. The van der Waals surface area contributed by atoms with Gasteiger partial charge in [0.15, 0.2) is 0 Å². The van der Waals surface area contributed by atoms with Crippen molar-refractivity contribution in [3.63, 3.8) is 0 Å². The molecule has 0 radical (unpaired) electrons. The smallest absolute Gasteiger partial charge is 0.309 e. The SMILES string of the molecule is CC(C)N1C(=O)CC(N2CC(C(=O)O)C2)C1=O. The van der Waals surface area contributed by atoms with Gasteiger partial charge < -0.3 is 5.11 Å². The highest BCUT2D eigenvalue weighted by Gasteiger charge is 2.47. The predicted molar refractivity (Wildman–Crippen MR) is 58.1 cm³/mol. The van der Waals surface area contributed by atoms with Gasteiger partial charge in [-0.1, -0.05) is 0 Å². The third kappa shape index (κ3) is 1.93. The van der Waals surface area contributed by atoms with E-state index in [4.69, 9.17) is 5.11 Å². The summed E-state index contributed by atoms with van der Waals surface area (Å²) in [6.45, 7) is 4.33. The van der Waals surface area contributed by atoms with Crippen LogP contribution in [0.1, 0.15) is 20.3 Å². The Bertz CT molecular complexity index is 374. The summed E-state index contributed by atoms with van der Waals surface area (Å²) >= 11 is 0. The van der Waals surface area contributed by atoms with E-state index >= 15 is 0 Å². The van der Waals surface area contributed by atoms with Gasteiger partial charge in [0, 0.05) is 19.1 Å². The van der Waals surface area contributed by atoms with Gasteiger partial charge >= 0.3 is 5.97 Å². The first kappa shape index (κ1) is 12.0. The zero-order valence-corrected chi connectivity index (χ0v) is 9.92. The molecule has 0 bridgehead atoms. The van der Waals surface area contributed by atoms with Gasteiger partial charge in [-0.15, -0.1) is 0 Å². The number of hydrogen-bond donors (Lipinski definition) is 1. The summed E-state index contributed by atoms with van der Waals surface area (Å²) in [5, 5.41) is 8.76. The van der Waals surface area contributed by atoms with Gasteiger partial charge in [0.2, 0.25) is 11.8 Å². The Morgan fingerprint density at radius 3 is 2.35 bits per heavy atom. The lowest BCUT2D eigenvalue weighted by Crippen LogP contribution is -2.57. The highest BCUT2D eigenvalue weighted by molar-refractivity contribution is 6.05. The fourth-order valence-corrected chi connectivity index (χ4v) is 2.39. The van der Waals surface area contributed by atoms with Crippen molar-refractivity contribution in [2.24, 2.45) is 5.92 Å². The van der Waals surface area contributed by atoms with Crippen molar-refractivity contribution >= 4 is 17.8 Å². The van der Waals surface area contributed by atoms with Crippen LogP contribution >= 0.6 is 0 Å². The minimum Gasteiger partial charge on any atom is -0.481 e. The predicted octanol–water partition coefficient (Wildman–Crippen LogP) is -0.461. The second-order valence-electron chi connectivity index (χ2n) is 4.90. The Morgan fingerprint density at radius 2 is 1.94 bits per heavy atom. The van der Waals surface area contributed by atoms with Crippen LogP contribution in [0.3, 0.4) is 0 Å². The summed E-state index contributed by atoms with van der Waals surface area (Å²) in [6.07, 6.45) is 0.184. The van der Waals surface area contributed by atoms with Crippen LogP contribution < -0.4 is 0 Å². The van der Waals surface area contributed by atoms with E-state index in [1.807, 2.05) is 0 Å². The van der Waals surface area contributed by atoms with E-state index < -0.39 is 17.9 Å². The summed E-state index contributed by atoms with van der Waals surface area (Å²) in [7, 11) is 0. The maximum absolute atomic E-state index is 12.0. The van der Waals surface area contributed by atoms with Crippen LogP contribution in [-0.4, -0.2) is 57.9 Å². The van der Waals surface area contributed by atoms with Crippen LogP contribution in [0.25, 0.3) is 0 Å². The lowest BCUT2D eigenvalue weighted by Gasteiger charge is -2.39. The number of aliphatic carboxylic acids is 1. The van der Waals surface area contributed by atoms with Gasteiger partial charge in [0.05, 0.1) is 18.4 Å². The molecule has 2 aliphatic rings. The highest BCUT2D eigenvalue weighted by Crippen LogP contribution is 2.27. The molecule has 2 amide bonds. The molecule has 6 heteroatoms. The van der Waals surface area contributed by atoms with E-state index in [0.29, 0.717) is 13.1 Å². The third-order valence-corrected chi connectivity index (χ3v) is 3.38. The monoisotopic (exact) mass is 240 g/mol. The van der Waals surface area contributed by atoms with Crippen LogP contribution in [-0.2, 0) is 14.4 Å². The minimum atomic E-state index is -0.835. The maximum atomic E-state index is 12.0. The molecule has 6 nitrogen and oxygen atoms in total. The molecule has 0 aromatic carbocycles. The number of nitrogens with zero attached hydrogens (tertiary/aromatic N) is 2. The number of carboxylic acids is 1. The van der Waals surface area contributed by atoms with Crippen molar-refractivity contribution in [3.8, 4) is 0 Å². The second kappa shape index (κ2) is 4.10. The van der Waals surface area contributed by atoms with Crippen LogP contribution in [0.15, 0.2) is 0 Å². The highest BCUT2D eigenvalue weighted by atomic mass is 16.4. The van der Waals surface area contributed by atoms with E-state index in [0.717, 1.165) is 0 Å². The summed E-state index contributed by atoms with van der Waals surface area (Å²) in [4.78, 5) is 37.4. The first-order valence-corrected chi connectivity index (χ1v) is 5.74. The average Bonchev–Trinajstić information content (AvgIpc) is 2.38. The van der Waals surface area contributed by atoms with E-state index in [1.54, 1.807) is 18.7 Å². The van der Waals surface area contributed by atoms with Gasteiger partial charge in [-0.25, -0.2) is 0 Å². The average molecular weight is 240 g/mol. The van der Waals surface area contributed by atoms with E-state index in [9.17, 15) is 14.4 Å². The van der Waals surface area contributed by atoms with Crippen molar-refractivity contribution < 1.29 is 19.5 Å². The topological polar surface area (TPSA) is 77.9 Å². The Labute approximate surface area is 99.2 Å². The molecule has 2 aliphatic heterocycles. The third-order valence-electron chi connectivity index (χ3n) is 3.38. The van der Waals surface area contributed by atoms with E-state index in [2.05, 4.69) is 0 Å². The van der Waals surface area contributed by atoms with Gasteiger partial charge in [-0.2, -0.15) is 0 Å². The number of carbonyl (C=O) groups is 3. The van der Waals surface area contributed by atoms with Crippen molar-refractivity contribution in [1.82, 2.24) is 9.80 Å². The van der Waals surface area contributed by atoms with Crippen molar-refractivity contribution in [3.05, 3.63) is 0 Å². The number of hydrogen-bond acceptors (Lipinski definition) is 4. The number of likely N-dealkylation sites (tertiary alicyclic amines) is 2. The van der Waals surface area contributed by atoms with Crippen LogP contribution in [0.2, 0.25) is 0 Å². The Balaban J connectivity index is 1.99. The molecule has 0 saturated carbocycles. The molecule has 0 aliphatic carbocycles. The minimum absolute atomic E-state index is 0.128. The summed E-state index contributed by atoms with van der Waals surface area (Å²) < 4.78 is 0. The molecule has 0 spiro atoms. The number of amides is 2. The van der Waals surface area contributed by atoms with Crippen molar-refractivity contribution in [2.45, 2.75) is 32.4 Å². The number of carbonyl (C=O) groups excluding carboxylic acids is 2. The van der Waals surface area contributed by atoms with Crippen LogP contribution in [0.5, 0.6) is 0 Å². The second-order valence-corrected chi connectivity index (χ2v) is 4.90. The molecular weight excluding hydrogens is 224 g/mol. The molecule has 1 unspecified atom stereocenters. The quantitative estimate of drug-likeness (QED) is 0.675. The van der Waals surface area contributed by atoms with E-state index in [-0.39, 0.29) is 24.3 Å². The number of imide groups is 1. The summed E-state index contributed by atoms with van der Waals surface area (Å²) in [5.41, 5.74) is 0. The molecular formula is C11H16N2O4.